The maximum absolute atomic E-state index is 12.1. The van der Waals surface area contributed by atoms with E-state index in [4.69, 9.17) is 0 Å². The molecule has 0 aromatic heterocycles. The van der Waals surface area contributed by atoms with Gasteiger partial charge in [0.2, 0.25) is 0 Å². The molecule has 0 atom stereocenters. The second-order valence-electron chi connectivity index (χ2n) is 8.42. The van der Waals surface area contributed by atoms with E-state index in [-0.39, 0.29) is 12.1 Å². The third kappa shape index (κ3) is 5.39. The zero-order valence-corrected chi connectivity index (χ0v) is 19.5. The first-order chi connectivity index (χ1) is 15.1. The summed E-state index contributed by atoms with van der Waals surface area (Å²) in [7, 11) is -4.45. The Kier molecular flexibility index (Phi) is 7.40. The average Bonchev–Trinajstić information content (AvgIpc) is 2.90. The van der Waals surface area contributed by atoms with Gasteiger partial charge >= 0.3 is 13.7 Å². The molecule has 0 saturated carbocycles. The number of hydrogen-bond donors (Lipinski definition) is 3. The third-order valence-electron chi connectivity index (χ3n) is 5.80. The molecule has 2 aliphatic carbocycles. The highest BCUT2D eigenvalue weighted by Crippen LogP contribution is 2.45. The van der Waals surface area contributed by atoms with Crippen LogP contribution in [0.25, 0.3) is 11.1 Å². The summed E-state index contributed by atoms with van der Waals surface area (Å²) in [5.41, 5.74) is 5.34. The predicted molar refractivity (Wildman–Crippen MR) is 128 cm³/mol. The quantitative estimate of drug-likeness (QED) is 0.277. The van der Waals surface area contributed by atoms with Gasteiger partial charge in [0.25, 0.3) is 0 Å². The molecule has 0 bridgehead atoms. The van der Waals surface area contributed by atoms with Crippen LogP contribution in [0.4, 0.5) is 5.69 Å². The number of para-hydroxylation sites is 1. The van der Waals surface area contributed by atoms with E-state index in [1.165, 1.54) is 0 Å². The number of anilines is 1. The van der Waals surface area contributed by atoms with Gasteiger partial charge in [-0.3, -0.25) is 4.67 Å². The number of aryl methyl sites for hydroxylation is 2. The number of fused-ring (bicyclic) bond motifs is 1. The Labute approximate surface area is 189 Å². The van der Waals surface area contributed by atoms with E-state index in [2.05, 4.69) is 13.8 Å². The Morgan fingerprint density at radius 1 is 1.00 bits per heavy atom. The fourth-order valence-corrected chi connectivity index (χ4v) is 4.94. The molecular weight excluding hydrogens is 425 g/mol. The van der Waals surface area contributed by atoms with Gasteiger partial charge < -0.3 is 14.9 Å². The van der Waals surface area contributed by atoms with Crippen molar-refractivity contribution in [1.82, 2.24) is 0 Å². The van der Waals surface area contributed by atoms with Crippen molar-refractivity contribution in [2.24, 2.45) is 0 Å². The van der Waals surface area contributed by atoms with Crippen LogP contribution in [0.5, 0.6) is 0 Å². The summed E-state index contributed by atoms with van der Waals surface area (Å²) in [5.74, 6) is -0.617. The van der Waals surface area contributed by atoms with Crippen molar-refractivity contribution in [3.05, 3.63) is 76.9 Å². The Bertz CT molecular complexity index is 1120. The molecule has 0 unspecified atom stereocenters. The van der Waals surface area contributed by atoms with Gasteiger partial charge in [-0.25, -0.2) is 9.36 Å². The lowest BCUT2D eigenvalue weighted by molar-refractivity contribution is 0.0698. The molecule has 32 heavy (non-hydrogen) atoms. The highest BCUT2D eigenvalue weighted by atomic mass is 31.2. The first kappa shape index (κ1) is 24.0. The summed E-state index contributed by atoms with van der Waals surface area (Å²) in [6.07, 6.45) is 1.87. The normalized spacial score (nSPS) is 11.8. The number of aromatic carboxylic acids is 1. The van der Waals surface area contributed by atoms with E-state index < -0.39 is 13.7 Å². The number of carboxylic acid groups (broad SMARTS) is 1. The van der Waals surface area contributed by atoms with Crippen LogP contribution in [0.2, 0.25) is 0 Å². The van der Waals surface area contributed by atoms with Crippen LogP contribution < -0.4 is 4.67 Å². The Morgan fingerprint density at radius 2 is 1.66 bits per heavy atom. The highest BCUT2D eigenvalue weighted by Gasteiger charge is 2.26. The summed E-state index contributed by atoms with van der Waals surface area (Å²) in [4.78, 5) is 31.5. The highest BCUT2D eigenvalue weighted by molar-refractivity contribution is 7.53. The smallest absolute Gasteiger partial charge is 0.430 e. The van der Waals surface area contributed by atoms with Gasteiger partial charge in [-0.05, 0) is 72.1 Å². The number of benzene rings is 1. The summed E-state index contributed by atoms with van der Waals surface area (Å²) >= 11 is 0. The molecule has 7 heteroatoms. The molecule has 170 valence electrons. The van der Waals surface area contributed by atoms with Gasteiger partial charge in [-0.2, -0.15) is 0 Å². The molecule has 3 N–H and O–H groups in total. The van der Waals surface area contributed by atoms with Crippen LogP contribution in [0.1, 0.15) is 59.7 Å². The molecule has 0 spiro atoms. The standard InChI is InChI=1S/C25H30NO5P/c1-17(2)19-11-13-21-20(16-23(25(27)28)22(21)14-12-19)9-6-7-15-26(32(29,30)31)24-10-5-4-8-18(24)3/h4-5,8,10-14,16-17H,6-7,9,15H2,1-3H3,(H,27,28)(H2,29,30,31). The molecular formula is C25H30NO5P. The lowest BCUT2D eigenvalue weighted by Crippen LogP contribution is -2.21. The van der Waals surface area contributed by atoms with E-state index in [9.17, 15) is 24.3 Å². The van der Waals surface area contributed by atoms with Gasteiger partial charge in [-0.1, -0.05) is 56.3 Å². The predicted octanol–water partition coefficient (Wildman–Crippen LogP) is 5.84. The van der Waals surface area contributed by atoms with Crippen molar-refractivity contribution < 1.29 is 24.3 Å². The van der Waals surface area contributed by atoms with Crippen LogP contribution in [-0.4, -0.2) is 27.4 Å². The lowest BCUT2D eigenvalue weighted by Gasteiger charge is -2.26. The van der Waals surface area contributed by atoms with Crippen LogP contribution in [0.15, 0.2) is 54.6 Å². The third-order valence-corrected chi connectivity index (χ3v) is 6.85. The second-order valence-corrected chi connectivity index (χ2v) is 9.93. The van der Waals surface area contributed by atoms with Crippen molar-refractivity contribution in [1.29, 1.82) is 0 Å². The van der Waals surface area contributed by atoms with Gasteiger partial charge in [0.1, 0.15) is 0 Å². The Hall–Kier alpha value is -2.66. The monoisotopic (exact) mass is 455 g/mol. The topological polar surface area (TPSA) is 98.1 Å². The number of rotatable bonds is 9. The molecule has 0 heterocycles. The maximum atomic E-state index is 12.1. The molecule has 0 fully saturated rings. The van der Waals surface area contributed by atoms with Crippen LogP contribution >= 0.6 is 7.75 Å². The van der Waals surface area contributed by atoms with Crippen molar-refractivity contribution >= 4 is 19.4 Å². The van der Waals surface area contributed by atoms with Crippen molar-refractivity contribution in [2.75, 3.05) is 11.2 Å². The van der Waals surface area contributed by atoms with Crippen LogP contribution in [0.3, 0.4) is 0 Å². The maximum Gasteiger partial charge on any atom is 0.430 e. The fraction of sp³-hybridized carbons (Fsp3) is 0.320. The van der Waals surface area contributed by atoms with E-state index >= 15 is 0 Å². The Balaban J connectivity index is 1.78. The van der Waals surface area contributed by atoms with Crippen LogP contribution in [0, 0.1) is 6.92 Å². The zero-order chi connectivity index (χ0) is 23.5. The first-order valence-corrected chi connectivity index (χ1v) is 12.3. The second kappa shape index (κ2) is 9.86. The lowest BCUT2D eigenvalue weighted by atomic mass is 10.0. The van der Waals surface area contributed by atoms with Crippen molar-refractivity contribution in [3.63, 3.8) is 0 Å². The number of carbonyl (C=O) groups is 1. The van der Waals surface area contributed by atoms with E-state index in [1.807, 2.05) is 43.3 Å². The van der Waals surface area contributed by atoms with Gasteiger partial charge in [0.15, 0.2) is 0 Å². The van der Waals surface area contributed by atoms with Crippen LogP contribution in [-0.2, 0) is 11.0 Å². The summed E-state index contributed by atoms with van der Waals surface area (Å²) in [6, 6.07) is 16.7. The molecule has 2 aliphatic rings. The summed E-state index contributed by atoms with van der Waals surface area (Å²) in [5, 5.41) is 9.65. The minimum atomic E-state index is -4.45. The molecule has 6 nitrogen and oxygen atoms in total. The summed E-state index contributed by atoms with van der Waals surface area (Å²) in [6.45, 7) is 6.23. The first-order valence-electron chi connectivity index (χ1n) is 10.8. The number of unbranched alkanes of at least 4 members (excludes halogenated alkanes) is 1. The van der Waals surface area contributed by atoms with E-state index in [0.29, 0.717) is 30.9 Å². The van der Waals surface area contributed by atoms with Crippen molar-refractivity contribution in [2.45, 2.75) is 46.0 Å². The SMILES string of the molecule is Cc1ccccc1N(CCCCc1cc(C(=O)O)c2ccc(C(C)C)ccc1-2)P(=O)(O)O. The van der Waals surface area contributed by atoms with Gasteiger partial charge in [-0.15, -0.1) is 0 Å². The molecule has 1 aromatic rings. The van der Waals surface area contributed by atoms with E-state index in [1.54, 1.807) is 18.2 Å². The average molecular weight is 455 g/mol. The minimum absolute atomic E-state index is 0.213. The number of nitrogens with zero attached hydrogens (tertiary/aromatic N) is 1. The fourth-order valence-electron chi connectivity index (χ4n) is 4.03. The largest absolute Gasteiger partial charge is 0.478 e. The Morgan fingerprint density at radius 3 is 2.25 bits per heavy atom. The molecule has 0 radical (unpaired) electrons. The van der Waals surface area contributed by atoms with Crippen molar-refractivity contribution in [3.8, 4) is 11.1 Å². The minimum Gasteiger partial charge on any atom is -0.478 e. The number of hydrogen-bond acceptors (Lipinski definition) is 2. The molecule has 0 aliphatic heterocycles. The molecule has 1 aromatic carbocycles. The van der Waals surface area contributed by atoms with Gasteiger partial charge in [0, 0.05) is 12.2 Å². The molecule has 0 saturated heterocycles. The molecule has 3 rings (SSSR count). The molecule has 0 amide bonds. The number of carboxylic acids is 1. The zero-order valence-electron chi connectivity index (χ0n) is 18.7. The van der Waals surface area contributed by atoms with Gasteiger partial charge in [0.05, 0.1) is 5.56 Å². The van der Waals surface area contributed by atoms with E-state index in [0.717, 1.165) is 32.5 Å². The summed E-state index contributed by atoms with van der Waals surface area (Å²) < 4.78 is 13.2.